The van der Waals surface area contributed by atoms with Gasteiger partial charge in [-0.05, 0) is 23.6 Å². The van der Waals surface area contributed by atoms with Gasteiger partial charge in [0.05, 0.1) is 20.1 Å². The van der Waals surface area contributed by atoms with E-state index in [1.807, 2.05) is 36.4 Å². The van der Waals surface area contributed by atoms with E-state index < -0.39 is 0 Å². The Hall–Kier alpha value is -2.49. The van der Waals surface area contributed by atoms with Gasteiger partial charge in [0.2, 0.25) is 5.91 Å². The third-order valence-electron chi connectivity index (χ3n) is 4.31. The molecule has 0 spiro atoms. The minimum Gasteiger partial charge on any atom is -0.493 e. The fourth-order valence-corrected chi connectivity index (χ4v) is 2.77. The second-order valence-corrected chi connectivity index (χ2v) is 5.83. The van der Waals surface area contributed by atoms with Crippen LogP contribution in [0.3, 0.4) is 0 Å². The average Bonchev–Trinajstić information content (AvgIpc) is 2.62. The number of ether oxygens (including phenoxy) is 2. The van der Waals surface area contributed by atoms with Crippen molar-refractivity contribution in [1.82, 2.24) is 0 Å². The Morgan fingerprint density at radius 1 is 1.04 bits per heavy atom. The van der Waals surface area contributed by atoms with Gasteiger partial charge >= 0.3 is 0 Å². The molecular formula is C20H25NO3. The lowest BCUT2D eigenvalue weighted by Gasteiger charge is -2.23. The quantitative estimate of drug-likeness (QED) is 0.816. The topological polar surface area (TPSA) is 47.6 Å². The molecule has 0 aliphatic carbocycles. The van der Waals surface area contributed by atoms with Crippen molar-refractivity contribution in [3.63, 3.8) is 0 Å². The summed E-state index contributed by atoms with van der Waals surface area (Å²) in [6, 6.07) is 15.3. The third kappa shape index (κ3) is 4.07. The fourth-order valence-electron chi connectivity index (χ4n) is 2.77. The predicted molar refractivity (Wildman–Crippen MR) is 96.8 cm³/mol. The number of carbonyl (C=O) groups is 1. The SMILES string of the molecule is CC[C@H](C)[C@@H](C(=O)Nc1ccc(OC)c(OC)c1)c1ccccc1. The summed E-state index contributed by atoms with van der Waals surface area (Å²) in [6.45, 7) is 4.20. The van der Waals surface area contributed by atoms with Gasteiger partial charge in [0, 0.05) is 11.8 Å². The van der Waals surface area contributed by atoms with Crippen molar-refractivity contribution in [2.75, 3.05) is 19.5 Å². The zero-order valence-electron chi connectivity index (χ0n) is 14.7. The summed E-state index contributed by atoms with van der Waals surface area (Å²) >= 11 is 0. The number of hydrogen-bond donors (Lipinski definition) is 1. The molecule has 2 aromatic carbocycles. The van der Waals surface area contributed by atoms with Crippen LogP contribution in [0, 0.1) is 5.92 Å². The molecule has 2 rings (SSSR count). The van der Waals surface area contributed by atoms with E-state index in [0.717, 1.165) is 12.0 Å². The summed E-state index contributed by atoms with van der Waals surface area (Å²) in [5.41, 5.74) is 1.73. The molecule has 2 aromatic rings. The molecule has 2 atom stereocenters. The third-order valence-corrected chi connectivity index (χ3v) is 4.31. The van der Waals surface area contributed by atoms with Gasteiger partial charge < -0.3 is 14.8 Å². The number of carbonyl (C=O) groups excluding carboxylic acids is 1. The lowest BCUT2D eigenvalue weighted by Crippen LogP contribution is -2.26. The van der Waals surface area contributed by atoms with Crippen LogP contribution in [0.1, 0.15) is 31.7 Å². The number of rotatable bonds is 7. The normalized spacial score (nSPS) is 13.0. The van der Waals surface area contributed by atoms with Crippen LogP contribution < -0.4 is 14.8 Å². The highest BCUT2D eigenvalue weighted by atomic mass is 16.5. The van der Waals surface area contributed by atoms with Crippen LogP contribution in [-0.2, 0) is 4.79 Å². The lowest BCUT2D eigenvalue weighted by molar-refractivity contribution is -0.118. The van der Waals surface area contributed by atoms with E-state index >= 15 is 0 Å². The van der Waals surface area contributed by atoms with Gasteiger partial charge in [-0.15, -0.1) is 0 Å². The Labute approximate surface area is 143 Å². The van der Waals surface area contributed by atoms with Gasteiger partial charge in [-0.1, -0.05) is 50.6 Å². The Kier molecular flexibility index (Phi) is 6.24. The highest BCUT2D eigenvalue weighted by molar-refractivity contribution is 5.96. The van der Waals surface area contributed by atoms with Gasteiger partial charge in [-0.3, -0.25) is 4.79 Å². The van der Waals surface area contributed by atoms with Crippen molar-refractivity contribution in [3.8, 4) is 11.5 Å². The highest BCUT2D eigenvalue weighted by Gasteiger charge is 2.26. The Bertz CT molecular complexity index is 670. The minimum atomic E-state index is -0.190. The first-order chi connectivity index (χ1) is 11.6. The summed E-state index contributed by atoms with van der Waals surface area (Å²) in [5, 5.41) is 3.01. The van der Waals surface area contributed by atoms with E-state index in [0.29, 0.717) is 17.2 Å². The van der Waals surface area contributed by atoms with Gasteiger partial charge in [0.1, 0.15) is 0 Å². The van der Waals surface area contributed by atoms with Crippen molar-refractivity contribution < 1.29 is 14.3 Å². The summed E-state index contributed by atoms with van der Waals surface area (Å²) in [5.74, 6) is 1.27. The van der Waals surface area contributed by atoms with Gasteiger partial charge in [0.25, 0.3) is 0 Å². The van der Waals surface area contributed by atoms with E-state index in [1.54, 1.807) is 26.4 Å². The molecule has 0 saturated carbocycles. The zero-order chi connectivity index (χ0) is 17.5. The molecule has 0 aliphatic heterocycles. The Morgan fingerprint density at radius 2 is 1.71 bits per heavy atom. The molecule has 1 N–H and O–H groups in total. The standard InChI is InChI=1S/C20H25NO3/c1-5-14(2)19(15-9-7-6-8-10-15)20(22)21-16-11-12-17(23-3)18(13-16)24-4/h6-14,19H,5H2,1-4H3,(H,21,22)/t14-,19+/m0/s1. The Morgan fingerprint density at radius 3 is 2.29 bits per heavy atom. The zero-order valence-corrected chi connectivity index (χ0v) is 14.7. The summed E-state index contributed by atoms with van der Waals surface area (Å²) in [4.78, 5) is 12.9. The second kappa shape index (κ2) is 8.39. The minimum absolute atomic E-state index is 0.0113. The number of nitrogens with one attached hydrogen (secondary N) is 1. The number of amides is 1. The van der Waals surface area contributed by atoms with Crippen LogP contribution in [-0.4, -0.2) is 20.1 Å². The van der Waals surface area contributed by atoms with Gasteiger partial charge in [0.15, 0.2) is 11.5 Å². The monoisotopic (exact) mass is 327 g/mol. The maximum absolute atomic E-state index is 12.9. The maximum atomic E-state index is 12.9. The van der Waals surface area contributed by atoms with E-state index in [2.05, 4.69) is 19.2 Å². The van der Waals surface area contributed by atoms with Crippen molar-refractivity contribution in [2.45, 2.75) is 26.2 Å². The van der Waals surface area contributed by atoms with Crippen LogP contribution in [0.25, 0.3) is 0 Å². The van der Waals surface area contributed by atoms with Crippen LogP contribution in [0.2, 0.25) is 0 Å². The van der Waals surface area contributed by atoms with E-state index in [1.165, 1.54) is 0 Å². The van der Waals surface area contributed by atoms with Crippen LogP contribution in [0.5, 0.6) is 11.5 Å². The van der Waals surface area contributed by atoms with Crippen molar-refractivity contribution >= 4 is 11.6 Å². The number of anilines is 1. The highest BCUT2D eigenvalue weighted by Crippen LogP contribution is 2.32. The predicted octanol–water partition coefficient (Wildman–Crippen LogP) is 4.47. The maximum Gasteiger partial charge on any atom is 0.232 e. The molecule has 128 valence electrons. The average molecular weight is 327 g/mol. The molecule has 0 fully saturated rings. The molecule has 0 heterocycles. The van der Waals surface area contributed by atoms with E-state index in [4.69, 9.17) is 9.47 Å². The fraction of sp³-hybridized carbons (Fsp3) is 0.350. The van der Waals surface area contributed by atoms with Gasteiger partial charge in [-0.25, -0.2) is 0 Å². The molecular weight excluding hydrogens is 302 g/mol. The van der Waals surface area contributed by atoms with Crippen LogP contribution in [0.4, 0.5) is 5.69 Å². The van der Waals surface area contributed by atoms with Crippen molar-refractivity contribution in [2.24, 2.45) is 5.92 Å². The van der Waals surface area contributed by atoms with Gasteiger partial charge in [-0.2, -0.15) is 0 Å². The number of methoxy groups -OCH3 is 2. The van der Waals surface area contributed by atoms with E-state index in [9.17, 15) is 4.79 Å². The smallest absolute Gasteiger partial charge is 0.232 e. The molecule has 4 heteroatoms. The second-order valence-electron chi connectivity index (χ2n) is 5.83. The molecule has 0 unspecified atom stereocenters. The molecule has 0 bridgehead atoms. The van der Waals surface area contributed by atoms with E-state index in [-0.39, 0.29) is 17.7 Å². The molecule has 1 amide bonds. The summed E-state index contributed by atoms with van der Waals surface area (Å²) < 4.78 is 10.5. The summed E-state index contributed by atoms with van der Waals surface area (Å²) in [7, 11) is 3.17. The first-order valence-electron chi connectivity index (χ1n) is 8.18. The largest absolute Gasteiger partial charge is 0.493 e. The number of hydrogen-bond acceptors (Lipinski definition) is 3. The molecule has 0 aliphatic rings. The molecule has 0 aromatic heterocycles. The van der Waals surface area contributed by atoms with Crippen molar-refractivity contribution in [1.29, 1.82) is 0 Å². The van der Waals surface area contributed by atoms with Crippen LogP contribution >= 0.6 is 0 Å². The Balaban J connectivity index is 2.25. The van der Waals surface area contributed by atoms with Crippen LogP contribution in [0.15, 0.2) is 48.5 Å². The molecule has 4 nitrogen and oxygen atoms in total. The first kappa shape index (κ1) is 17.9. The first-order valence-corrected chi connectivity index (χ1v) is 8.18. The lowest BCUT2D eigenvalue weighted by atomic mass is 9.85. The summed E-state index contributed by atoms with van der Waals surface area (Å²) in [6.07, 6.45) is 0.929. The molecule has 0 saturated heterocycles. The number of benzene rings is 2. The van der Waals surface area contributed by atoms with Crippen molar-refractivity contribution in [3.05, 3.63) is 54.1 Å². The molecule has 0 radical (unpaired) electrons. The molecule has 24 heavy (non-hydrogen) atoms.